The number of ketones is 5. The van der Waals surface area contributed by atoms with Crippen LogP contribution in [0.1, 0.15) is 130 Å². The van der Waals surface area contributed by atoms with E-state index in [-0.39, 0.29) is 68.4 Å². The highest BCUT2D eigenvalue weighted by atomic mass is 79.9. The number of nitrogens with one attached hydrogen (secondary N) is 2. The number of halogens is 3. The monoisotopic (exact) mass is 1590 g/mol. The zero-order valence-corrected chi connectivity index (χ0v) is 62.1. The number of thioether (sulfide) groups is 3. The largest absolute Gasteiger partial charge is 0.469 e. The molecule has 25 heteroatoms. The van der Waals surface area contributed by atoms with Crippen LogP contribution in [0, 0.1) is 6.92 Å². The average Bonchev–Trinajstić information content (AvgIpc) is 1.67. The second-order valence-corrected chi connectivity index (χ2v) is 30.7. The summed E-state index contributed by atoms with van der Waals surface area (Å²) in [6, 6.07) is 38.2. The van der Waals surface area contributed by atoms with Crippen LogP contribution in [0.5, 0.6) is 0 Å². The molecule has 1 saturated heterocycles. The Hall–Kier alpha value is -7.75. The van der Waals surface area contributed by atoms with Crippen molar-refractivity contribution in [1.82, 2.24) is 4.98 Å². The fraction of sp³-hybridized carbons (Fsp3) is 0.260. The number of carbonyl (C=O) groups excluding carboxylic acids is 10. The number of thiazole rings is 1. The minimum absolute atomic E-state index is 0.0442. The van der Waals surface area contributed by atoms with Crippen molar-refractivity contribution in [3.05, 3.63) is 206 Å². The van der Waals surface area contributed by atoms with Crippen molar-refractivity contribution in [3.8, 4) is 0 Å². The summed E-state index contributed by atoms with van der Waals surface area (Å²) in [6.45, 7) is 10.9. The Morgan fingerprint density at radius 2 is 1.16 bits per heavy atom. The maximum Gasteiger partial charge on any atom is 0.412 e. The Morgan fingerprint density at radius 1 is 0.622 bits per heavy atom. The lowest BCUT2D eigenvalue weighted by atomic mass is 9.98. The molecule has 6 heterocycles. The predicted molar refractivity (Wildman–Crippen MR) is 395 cm³/mol. The van der Waals surface area contributed by atoms with E-state index in [0.29, 0.717) is 60.2 Å². The number of nitrogen functional groups attached to an aromatic ring is 1. The third-order valence-corrected chi connectivity index (χ3v) is 20.0. The molecule has 1 amide bonds. The number of ether oxygens (including phenoxy) is 3. The van der Waals surface area contributed by atoms with Crippen molar-refractivity contribution < 1.29 is 62.2 Å². The molecule has 98 heavy (non-hydrogen) atoms. The smallest absolute Gasteiger partial charge is 0.412 e. The maximum absolute atomic E-state index is 12.4. The Balaban J connectivity index is 0.000000156. The molecule has 13 rings (SSSR count). The van der Waals surface area contributed by atoms with Gasteiger partial charge in [0.25, 0.3) is 0 Å². The Bertz CT molecular complexity index is 4550. The molecule has 5 aliphatic heterocycles. The lowest BCUT2D eigenvalue weighted by Crippen LogP contribution is -2.27. The number of esters is 1. The van der Waals surface area contributed by atoms with E-state index < -0.39 is 17.7 Å². The van der Waals surface area contributed by atoms with Gasteiger partial charge in [0.2, 0.25) is 0 Å². The first kappa shape index (κ1) is 76.0. The number of Topliss-reactive ketones (excluding diaryl/α,β-unsaturated/α-hetero) is 5. The van der Waals surface area contributed by atoms with Gasteiger partial charge in [-0.25, -0.2) is 4.79 Å². The van der Waals surface area contributed by atoms with Crippen LogP contribution in [0.15, 0.2) is 165 Å². The fourth-order valence-electron chi connectivity index (χ4n) is 9.90. The van der Waals surface area contributed by atoms with Crippen LogP contribution in [-0.2, 0) is 75.1 Å². The number of nitrogens with two attached hydrogens (primary N) is 1. The summed E-state index contributed by atoms with van der Waals surface area (Å²) in [5, 5.41) is 2.92. The molecule has 0 aliphatic carbocycles. The van der Waals surface area contributed by atoms with Crippen LogP contribution in [0.4, 0.5) is 21.9 Å². The van der Waals surface area contributed by atoms with Gasteiger partial charge in [-0.2, -0.15) is 0 Å². The first-order valence-corrected chi connectivity index (χ1v) is 36.2. The van der Waals surface area contributed by atoms with Crippen molar-refractivity contribution in [3.63, 3.8) is 0 Å². The molecule has 18 nitrogen and oxygen atoms in total. The molecular formula is C73H67Br3N4O14S4. The van der Waals surface area contributed by atoms with E-state index in [4.69, 9.17) is 20.2 Å². The van der Waals surface area contributed by atoms with Crippen molar-refractivity contribution in [1.29, 1.82) is 0 Å². The van der Waals surface area contributed by atoms with Gasteiger partial charge in [0.15, 0.2) is 32.7 Å². The molecule has 0 atom stereocenters. The summed E-state index contributed by atoms with van der Waals surface area (Å²) in [7, 11) is 1.24. The molecule has 1 aromatic heterocycles. The van der Waals surface area contributed by atoms with Gasteiger partial charge < -0.3 is 24.9 Å². The van der Waals surface area contributed by atoms with E-state index in [1.54, 1.807) is 81.4 Å². The van der Waals surface area contributed by atoms with Crippen molar-refractivity contribution >= 4 is 184 Å². The quantitative estimate of drug-likeness (QED) is 0.0469. The third-order valence-electron chi connectivity index (χ3n) is 14.8. The molecular weight excluding hydrogens is 1520 g/mol. The third kappa shape index (κ3) is 22.9. The Labute approximate surface area is 607 Å². The minimum atomic E-state index is -0.556. The van der Waals surface area contributed by atoms with Gasteiger partial charge in [-0.3, -0.25) is 58.3 Å². The number of aromatic nitrogens is 1. The lowest BCUT2D eigenvalue weighted by Gasteiger charge is -2.20. The first-order valence-electron chi connectivity index (χ1n) is 30.6. The molecule has 0 bridgehead atoms. The number of amides is 1. The number of H-pyrrole nitrogens is 1. The van der Waals surface area contributed by atoms with Gasteiger partial charge in [-0.15, -0.1) is 0 Å². The molecule has 1 fully saturated rings. The number of anilines is 2. The van der Waals surface area contributed by atoms with E-state index >= 15 is 0 Å². The van der Waals surface area contributed by atoms with Crippen LogP contribution in [0.2, 0.25) is 0 Å². The van der Waals surface area contributed by atoms with E-state index in [1.165, 1.54) is 61.7 Å². The fourth-order valence-corrected chi connectivity index (χ4v) is 14.7. The van der Waals surface area contributed by atoms with Crippen LogP contribution in [0.3, 0.4) is 0 Å². The highest BCUT2D eigenvalue weighted by Crippen LogP contribution is 2.36. The first-order chi connectivity index (χ1) is 46.5. The standard InChI is InChI=1S/C19H15BrO3S.C17H11BrN2O2S.C12H10O4S.C11H15BrN2O2.C10H8O2S.C4H8O/c1-11-2-5-15(20)6-14(11)7-16(21)10-17(22)12-3-4-13-9-19(23)24-18(13)8-12;18-11-2-4-13-10(5-11)6-12(21)8-15(19-13)9-1-3-14-16(7-9)23-17(22)20-14;1-16-11(14)6-9(13)7-2-3-8-5-12(15)17-10(8)4-7;1-11(2,3)16-10(15)14-9-5-4-7(12)6-8(9)13;1-6(11)7-2-3-8-5-10(12)13-9(8)4-7;1-2-4-5-3-1/h2-6,8H,7,9-10H2,1H3;1-5,7H,6,8H2,(H,20,22);2-4H,5-6H2,1H3;4-6H,13H2,1-3H3,(H,14,15);2-4H,5H2,1H3;1-4H2. The van der Waals surface area contributed by atoms with Crippen LogP contribution >= 0.6 is 94.4 Å². The molecule has 0 radical (unpaired) electrons. The normalized spacial score (nSPS) is 13.8. The number of fused-ring (bicyclic) bond motifs is 5. The number of nitrogens with zero attached hydrogens (tertiary/aromatic N) is 1. The van der Waals surface area contributed by atoms with Crippen molar-refractivity contribution in [2.75, 3.05) is 31.4 Å². The number of hydrogen-bond acceptors (Lipinski definition) is 20. The molecule has 5 aliphatic rings. The SMILES string of the molecule is C1CCOC1.CC(=O)c1ccc2c(c1)SC(=O)C2.CC(C)(C)OC(=O)Nc1ccc(Br)cc1N.COC(=O)CC(=O)c1ccc2c(c1)SC(=O)C2.Cc1ccc(Br)cc1CC(=O)CC(=O)c1ccc2c(c1)SC(=O)C2.O=C1CC(c2ccc3[nH]c(=O)sc3c2)=Nc2ccc(Br)cc2C1. The summed E-state index contributed by atoms with van der Waals surface area (Å²) < 4.78 is 18.1. The van der Waals surface area contributed by atoms with Crippen molar-refractivity contribution in [2.45, 2.75) is 119 Å². The maximum atomic E-state index is 12.4. The number of aryl methyl sites for hydroxylation is 1. The van der Waals surface area contributed by atoms with Crippen molar-refractivity contribution in [2.24, 2.45) is 4.99 Å². The second-order valence-electron chi connectivity index (χ2n) is 23.7. The number of aliphatic imine (C=N–C) groups is 1. The van der Waals surface area contributed by atoms with E-state index in [2.05, 4.69) is 62.8 Å². The zero-order chi connectivity index (χ0) is 71.0. The van der Waals surface area contributed by atoms with Gasteiger partial charge >= 0.3 is 16.9 Å². The molecule has 0 spiro atoms. The van der Waals surface area contributed by atoms with Gasteiger partial charge in [0, 0.05) is 96.5 Å². The summed E-state index contributed by atoms with van der Waals surface area (Å²) in [5.41, 5.74) is 17.0. The van der Waals surface area contributed by atoms with Gasteiger partial charge in [0.05, 0.1) is 46.5 Å². The molecule has 4 N–H and O–H groups in total. The van der Waals surface area contributed by atoms with E-state index in [1.807, 2.05) is 73.7 Å². The summed E-state index contributed by atoms with van der Waals surface area (Å²) in [5.74, 6) is -0.967. The summed E-state index contributed by atoms with van der Waals surface area (Å²) in [4.78, 5) is 137. The number of benzene rings is 7. The van der Waals surface area contributed by atoms with Gasteiger partial charge in [-0.05, 0) is 165 Å². The van der Waals surface area contributed by atoms with Crippen LogP contribution in [-0.4, -0.2) is 92.9 Å². The van der Waals surface area contributed by atoms with Crippen LogP contribution in [0.25, 0.3) is 10.2 Å². The number of rotatable bonds is 11. The van der Waals surface area contributed by atoms with E-state index in [0.717, 1.165) is 114 Å². The van der Waals surface area contributed by atoms with Gasteiger partial charge in [-0.1, -0.05) is 143 Å². The Morgan fingerprint density at radius 3 is 1.71 bits per heavy atom. The minimum Gasteiger partial charge on any atom is -0.469 e. The topological polar surface area (TPSA) is 282 Å². The van der Waals surface area contributed by atoms with E-state index in [9.17, 15) is 52.7 Å². The number of aromatic amines is 1. The molecule has 0 unspecified atom stereocenters. The molecule has 508 valence electrons. The average molecular weight is 1590 g/mol. The molecule has 7 aromatic carbocycles. The van der Waals surface area contributed by atoms with Crippen LogP contribution < -0.4 is 15.9 Å². The number of methoxy groups -OCH3 is 1. The molecule has 0 saturated carbocycles. The predicted octanol–water partition coefficient (Wildman–Crippen LogP) is 16.2. The lowest BCUT2D eigenvalue weighted by molar-refractivity contribution is -0.139. The molecule has 8 aromatic rings. The Kier molecular flexibility index (Phi) is 27.4. The zero-order valence-electron chi connectivity index (χ0n) is 54.1. The second kappa shape index (κ2) is 35.3. The highest BCUT2D eigenvalue weighted by molar-refractivity contribution is 9.11. The number of carbonyl (C=O) groups is 10. The summed E-state index contributed by atoms with van der Waals surface area (Å²) in [6.07, 6.45) is 3.91. The summed E-state index contributed by atoms with van der Waals surface area (Å²) >= 11 is 14.8. The van der Waals surface area contributed by atoms with Gasteiger partial charge in [0.1, 0.15) is 23.6 Å². The number of hydrogen-bond donors (Lipinski definition) is 3. The highest BCUT2D eigenvalue weighted by Gasteiger charge is 2.25.